The predicted octanol–water partition coefficient (Wildman–Crippen LogP) is 4.00. The molecule has 21 heavy (non-hydrogen) atoms. The highest BCUT2D eigenvalue weighted by Crippen LogP contribution is 2.62. The summed E-state index contributed by atoms with van der Waals surface area (Å²) in [4.78, 5) is 0. The first-order valence-corrected chi connectivity index (χ1v) is 7.79. The fourth-order valence-corrected chi connectivity index (χ4v) is 4.83. The number of hydrogen-bond acceptors (Lipinski definition) is 2. The van der Waals surface area contributed by atoms with Crippen LogP contribution < -0.4 is 5.32 Å². The lowest BCUT2D eigenvalue weighted by atomic mass is 9.68. The average Bonchev–Trinajstić information content (AvgIpc) is 2.91. The first-order valence-electron chi connectivity index (χ1n) is 7.79. The van der Waals surface area contributed by atoms with Gasteiger partial charge in [0, 0.05) is 18.2 Å². The molecule has 1 aromatic carbocycles. The molecule has 3 rings (SSSR count). The highest BCUT2D eigenvalue weighted by Gasteiger charge is 2.58. The normalized spacial score (nSPS) is 33.1. The molecule has 3 unspecified atom stereocenters. The van der Waals surface area contributed by atoms with Crippen molar-refractivity contribution in [3.05, 3.63) is 35.1 Å². The summed E-state index contributed by atoms with van der Waals surface area (Å²) in [6, 6.07) is 7.38. The van der Waals surface area contributed by atoms with E-state index in [4.69, 9.17) is 5.26 Å². The zero-order valence-corrected chi connectivity index (χ0v) is 13.0. The Bertz CT molecular complexity index is 597. The maximum Gasteiger partial charge on any atom is 0.145 e. The van der Waals surface area contributed by atoms with Gasteiger partial charge in [-0.05, 0) is 42.1 Å². The van der Waals surface area contributed by atoms with Gasteiger partial charge in [0.15, 0.2) is 0 Å². The minimum Gasteiger partial charge on any atom is -0.309 e. The third kappa shape index (κ3) is 2.17. The molecule has 3 atom stereocenters. The van der Waals surface area contributed by atoms with E-state index in [1.165, 1.54) is 25.3 Å². The van der Waals surface area contributed by atoms with Crippen molar-refractivity contribution in [2.75, 3.05) is 0 Å². The van der Waals surface area contributed by atoms with Crippen LogP contribution in [0.1, 0.15) is 51.2 Å². The summed E-state index contributed by atoms with van der Waals surface area (Å²) in [5.74, 6) is 0.397. The molecule has 2 nitrogen and oxygen atoms in total. The Balaban J connectivity index is 1.78. The summed E-state index contributed by atoms with van der Waals surface area (Å²) in [5, 5.41) is 12.5. The number of hydrogen-bond donors (Lipinski definition) is 1. The van der Waals surface area contributed by atoms with Gasteiger partial charge in [-0.15, -0.1) is 0 Å². The van der Waals surface area contributed by atoms with E-state index in [0.29, 0.717) is 23.6 Å². The van der Waals surface area contributed by atoms with Gasteiger partial charge in [0.1, 0.15) is 11.9 Å². The second kappa shape index (κ2) is 4.81. The third-order valence-electron chi connectivity index (χ3n) is 5.97. The molecule has 2 saturated carbocycles. The summed E-state index contributed by atoms with van der Waals surface area (Å²) in [7, 11) is 0. The van der Waals surface area contributed by atoms with Crippen molar-refractivity contribution < 1.29 is 4.39 Å². The predicted molar refractivity (Wildman–Crippen MR) is 81.0 cm³/mol. The third-order valence-corrected chi connectivity index (χ3v) is 5.97. The number of benzene rings is 1. The van der Waals surface area contributed by atoms with E-state index in [-0.39, 0.29) is 16.8 Å². The lowest BCUT2D eigenvalue weighted by molar-refractivity contribution is 0.107. The van der Waals surface area contributed by atoms with Crippen molar-refractivity contribution in [1.82, 2.24) is 5.32 Å². The zero-order chi connectivity index (χ0) is 15.3. The molecule has 3 heteroatoms. The zero-order valence-electron chi connectivity index (χ0n) is 13.0. The standard InChI is InChI=1S/C18H23FN2/c1-17(2)14-7-8-18(3,9-14)16(17)21-11-13-6-4-5-12(10-20)15(13)19/h4-6,14,16,21H,7-9,11H2,1-3H3. The molecule has 0 saturated heterocycles. The Kier molecular flexibility index (Phi) is 3.33. The van der Waals surface area contributed by atoms with E-state index in [0.717, 1.165) is 5.92 Å². The number of nitrogens with zero attached hydrogens (tertiary/aromatic N) is 1. The molecule has 0 aromatic heterocycles. The Morgan fingerprint density at radius 2 is 2.14 bits per heavy atom. The summed E-state index contributed by atoms with van der Waals surface area (Å²) in [6.45, 7) is 7.53. The maximum atomic E-state index is 14.2. The second-order valence-electron chi connectivity index (χ2n) is 7.62. The van der Waals surface area contributed by atoms with Crippen LogP contribution in [0.25, 0.3) is 0 Å². The number of halogens is 1. The number of rotatable bonds is 3. The average molecular weight is 286 g/mol. The highest BCUT2D eigenvalue weighted by molar-refractivity contribution is 5.35. The molecule has 0 radical (unpaired) electrons. The number of fused-ring (bicyclic) bond motifs is 2. The largest absolute Gasteiger partial charge is 0.309 e. The number of nitrogens with one attached hydrogen (secondary N) is 1. The second-order valence-corrected chi connectivity index (χ2v) is 7.62. The SMILES string of the molecule is CC12CCC(C1)C(C)(C)C2NCc1cccc(C#N)c1F. The van der Waals surface area contributed by atoms with Gasteiger partial charge in [-0.2, -0.15) is 5.26 Å². The minimum atomic E-state index is -0.376. The Labute approximate surface area is 126 Å². The van der Waals surface area contributed by atoms with Gasteiger partial charge in [-0.25, -0.2) is 4.39 Å². The van der Waals surface area contributed by atoms with Gasteiger partial charge in [-0.1, -0.05) is 32.9 Å². The van der Waals surface area contributed by atoms with Crippen molar-refractivity contribution in [2.24, 2.45) is 16.7 Å². The summed E-state index contributed by atoms with van der Waals surface area (Å²) in [5.41, 5.74) is 1.32. The van der Waals surface area contributed by atoms with E-state index < -0.39 is 0 Å². The molecule has 0 spiro atoms. The van der Waals surface area contributed by atoms with E-state index >= 15 is 0 Å². The van der Waals surface area contributed by atoms with Crippen LogP contribution in [0.4, 0.5) is 4.39 Å². The van der Waals surface area contributed by atoms with E-state index in [2.05, 4.69) is 26.1 Å². The van der Waals surface area contributed by atoms with Crippen LogP contribution in [0.3, 0.4) is 0 Å². The molecule has 0 heterocycles. The van der Waals surface area contributed by atoms with Crippen LogP contribution in [0, 0.1) is 33.9 Å². The quantitative estimate of drug-likeness (QED) is 0.911. The van der Waals surface area contributed by atoms with Crippen LogP contribution in [0.5, 0.6) is 0 Å². The van der Waals surface area contributed by atoms with Gasteiger partial charge >= 0.3 is 0 Å². The van der Waals surface area contributed by atoms with Crippen LogP contribution in [-0.2, 0) is 6.54 Å². The Morgan fingerprint density at radius 3 is 2.76 bits per heavy atom. The van der Waals surface area contributed by atoms with Crippen LogP contribution >= 0.6 is 0 Å². The highest BCUT2D eigenvalue weighted by atomic mass is 19.1. The Morgan fingerprint density at radius 1 is 1.38 bits per heavy atom. The smallest absolute Gasteiger partial charge is 0.145 e. The minimum absolute atomic E-state index is 0.132. The molecule has 112 valence electrons. The maximum absolute atomic E-state index is 14.2. The fraction of sp³-hybridized carbons (Fsp3) is 0.611. The monoisotopic (exact) mass is 286 g/mol. The molecular formula is C18H23FN2. The molecule has 1 N–H and O–H groups in total. The lowest BCUT2D eigenvalue weighted by Gasteiger charge is -2.43. The van der Waals surface area contributed by atoms with Crippen LogP contribution in [0.2, 0.25) is 0 Å². The number of nitriles is 1. The van der Waals surface area contributed by atoms with Gasteiger partial charge in [-0.3, -0.25) is 0 Å². The van der Waals surface area contributed by atoms with Crippen molar-refractivity contribution in [3.8, 4) is 6.07 Å². The van der Waals surface area contributed by atoms with Crippen LogP contribution in [0.15, 0.2) is 18.2 Å². The molecule has 2 bridgehead atoms. The van der Waals surface area contributed by atoms with E-state index in [9.17, 15) is 4.39 Å². The molecule has 0 amide bonds. The summed E-state index contributed by atoms with van der Waals surface area (Å²) in [6.07, 6.45) is 3.86. The molecule has 0 aliphatic heterocycles. The van der Waals surface area contributed by atoms with E-state index in [1.54, 1.807) is 12.1 Å². The Hall–Kier alpha value is -1.40. The topological polar surface area (TPSA) is 35.8 Å². The molecule has 2 fully saturated rings. The van der Waals surface area contributed by atoms with Crippen molar-refractivity contribution in [3.63, 3.8) is 0 Å². The van der Waals surface area contributed by atoms with Crippen LogP contribution in [-0.4, -0.2) is 6.04 Å². The molecule has 1 aromatic rings. The van der Waals surface area contributed by atoms with Crippen molar-refractivity contribution in [1.29, 1.82) is 5.26 Å². The van der Waals surface area contributed by atoms with Gasteiger partial charge in [0.05, 0.1) is 5.56 Å². The van der Waals surface area contributed by atoms with Gasteiger partial charge < -0.3 is 5.32 Å². The van der Waals surface area contributed by atoms with Crippen molar-refractivity contribution >= 4 is 0 Å². The van der Waals surface area contributed by atoms with Crippen molar-refractivity contribution in [2.45, 2.75) is 52.6 Å². The lowest BCUT2D eigenvalue weighted by Crippen LogP contribution is -2.50. The first kappa shape index (κ1) is 14.5. The van der Waals surface area contributed by atoms with Gasteiger partial charge in [0.25, 0.3) is 0 Å². The molecule has 2 aliphatic rings. The molecular weight excluding hydrogens is 263 g/mol. The molecule has 2 aliphatic carbocycles. The summed E-state index contributed by atoms with van der Waals surface area (Å²) < 4.78 is 14.2. The van der Waals surface area contributed by atoms with Gasteiger partial charge in [0.2, 0.25) is 0 Å². The fourth-order valence-electron chi connectivity index (χ4n) is 4.83. The summed E-state index contributed by atoms with van der Waals surface area (Å²) >= 11 is 0. The first-order chi connectivity index (χ1) is 9.88. The van der Waals surface area contributed by atoms with E-state index in [1.807, 2.05) is 6.07 Å².